The summed E-state index contributed by atoms with van der Waals surface area (Å²) in [6.07, 6.45) is -0.0594. The van der Waals surface area contributed by atoms with Crippen LogP contribution in [0, 0.1) is 11.6 Å². The van der Waals surface area contributed by atoms with Gasteiger partial charge in [0.05, 0.1) is 17.3 Å². The van der Waals surface area contributed by atoms with Crippen LogP contribution >= 0.6 is 11.6 Å². The number of nitrogens with one attached hydrogen (secondary N) is 1. The standard InChI is InChI=1S/C20H22ClF2NO5S2/c21-14-1-4-17(5-2-14)31(28,29)20(18-13-15(22)3-6-19(18)23)9-7-16(8-10-20)24-30(26,27)12-11-25/h1-6,13,16,24-25H,7-12H2/t16-,20+. The Balaban J connectivity index is 2.04. The molecule has 1 fully saturated rings. The fourth-order valence-corrected chi connectivity index (χ4v) is 7.40. The third kappa shape index (κ3) is 4.93. The van der Waals surface area contributed by atoms with Gasteiger partial charge < -0.3 is 5.11 Å². The lowest BCUT2D eigenvalue weighted by atomic mass is 9.80. The molecule has 0 spiro atoms. The van der Waals surface area contributed by atoms with E-state index in [4.69, 9.17) is 16.7 Å². The molecule has 6 nitrogen and oxygen atoms in total. The first-order valence-electron chi connectivity index (χ1n) is 9.57. The summed E-state index contributed by atoms with van der Waals surface area (Å²) >= 11 is 5.86. The van der Waals surface area contributed by atoms with Crippen molar-refractivity contribution in [3.63, 3.8) is 0 Å². The molecule has 170 valence electrons. The number of halogens is 3. The van der Waals surface area contributed by atoms with Gasteiger partial charge in [-0.2, -0.15) is 0 Å². The van der Waals surface area contributed by atoms with Gasteiger partial charge in [0.2, 0.25) is 10.0 Å². The third-order valence-corrected chi connectivity index (χ3v) is 9.77. The average Bonchev–Trinajstić information content (AvgIpc) is 2.70. The lowest BCUT2D eigenvalue weighted by Crippen LogP contribution is -2.46. The van der Waals surface area contributed by atoms with Crippen LogP contribution < -0.4 is 4.72 Å². The Bertz CT molecular complexity index is 1150. The normalized spacial score (nSPS) is 22.4. The molecule has 1 saturated carbocycles. The fraction of sp³-hybridized carbons (Fsp3) is 0.400. The van der Waals surface area contributed by atoms with Crippen LogP contribution in [0.15, 0.2) is 47.4 Å². The predicted octanol–water partition coefficient (Wildman–Crippen LogP) is 3.14. The Morgan fingerprint density at radius 3 is 2.23 bits per heavy atom. The topological polar surface area (TPSA) is 101 Å². The number of aliphatic hydroxyl groups excluding tert-OH is 1. The van der Waals surface area contributed by atoms with Gasteiger partial charge in [-0.3, -0.25) is 0 Å². The van der Waals surface area contributed by atoms with Gasteiger partial charge in [0.1, 0.15) is 16.4 Å². The van der Waals surface area contributed by atoms with Crippen LogP contribution in [-0.2, 0) is 24.6 Å². The molecule has 3 rings (SSSR count). The van der Waals surface area contributed by atoms with E-state index in [1.54, 1.807) is 0 Å². The maximum atomic E-state index is 14.8. The fourth-order valence-electron chi connectivity index (χ4n) is 4.00. The maximum absolute atomic E-state index is 14.8. The largest absolute Gasteiger partial charge is 0.395 e. The highest BCUT2D eigenvalue weighted by Gasteiger charge is 2.50. The van der Waals surface area contributed by atoms with Crippen LogP contribution in [0.5, 0.6) is 0 Å². The Hall–Kier alpha value is -1.59. The molecule has 1 aliphatic rings. The number of benzene rings is 2. The van der Waals surface area contributed by atoms with Crippen LogP contribution in [-0.4, -0.2) is 40.3 Å². The van der Waals surface area contributed by atoms with E-state index in [9.17, 15) is 25.6 Å². The highest BCUT2D eigenvalue weighted by atomic mass is 35.5. The van der Waals surface area contributed by atoms with Crippen molar-refractivity contribution in [2.45, 2.75) is 41.4 Å². The van der Waals surface area contributed by atoms with Gasteiger partial charge in [0, 0.05) is 16.6 Å². The molecule has 0 unspecified atom stereocenters. The Morgan fingerprint density at radius 2 is 1.65 bits per heavy atom. The van der Waals surface area contributed by atoms with Gasteiger partial charge in [-0.1, -0.05) is 11.6 Å². The molecule has 2 aromatic rings. The predicted molar refractivity (Wildman–Crippen MR) is 113 cm³/mol. The molecule has 0 radical (unpaired) electrons. The van der Waals surface area contributed by atoms with E-state index in [0.717, 1.165) is 18.2 Å². The lowest BCUT2D eigenvalue weighted by Gasteiger charge is -2.40. The molecule has 2 aromatic carbocycles. The van der Waals surface area contributed by atoms with Crippen molar-refractivity contribution < 1.29 is 30.7 Å². The Kier molecular flexibility index (Phi) is 7.07. The Labute approximate surface area is 185 Å². The van der Waals surface area contributed by atoms with E-state index in [0.29, 0.717) is 5.02 Å². The highest BCUT2D eigenvalue weighted by Crippen LogP contribution is 2.48. The summed E-state index contributed by atoms with van der Waals surface area (Å²) < 4.78 is 80.7. The van der Waals surface area contributed by atoms with Crippen molar-refractivity contribution in [3.05, 3.63) is 64.7 Å². The molecule has 0 bridgehead atoms. The smallest absolute Gasteiger partial charge is 0.214 e. The van der Waals surface area contributed by atoms with Crippen LogP contribution in [0.3, 0.4) is 0 Å². The van der Waals surface area contributed by atoms with E-state index in [1.165, 1.54) is 24.3 Å². The number of hydrogen-bond acceptors (Lipinski definition) is 5. The van der Waals surface area contributed by atoms with Crippen molar-refractivity contribution >= 4 is 31.5 Å². The highest BCUT2D eigenvalue weighted by molar-refractivity contribution is 7.92. The number of sulfonamides is 1. The van der Waals surface area contributed by atoms with Gasteiger partial charge >= 0.3 is 0 Å². The first-order chi connectivity index (χ1) is 14.5. The zero-order valence-electron chi connectivity index (χ0n) is 16.4. The molecular weight excluding hydrogens is 472 g/mol. The summed E-state index contributed by atoms with van der Waals surface area (Å²) in [6, 6.07) is 7.54. The minimum atomic E-state index is -4.19. The number of hydrogen-bond donors (Lipinski definition) is 2. The summed E-state index contributed by atoms with van der Waals surface area (Å²) in [4.78, 5) is -0.0835. The van der Waals surface area contributed by atoms with E-state index < -0.39 is 54.6 Å². The minimum Gasteiger partial charge on any atom is -0.395 e. The molecule has 0 aromatic heterocycles. The lowest BCUT2D eigenvalue weighted by molar-refractivity contribution is 0.312. The van der Waals surface area contributed by atoms with Crippen molar-refractivity contribution in [1.82, 2.24) is 4.72 Å². The molecule has 1 aliphatic carbocycles. The van der Waals surface area contributed by atoms with E-state index in [-0.39, 0.29) is 36.1 Å². The molecule has 0 heterocycles. The van der Waals surface area contributed by atoms with Crippen LogP contribution in [0.1, 0.15) is 31.2 Å². The molecule has 2 N–H and O–H groups in total. The summed E-state index contributed by atoms with van der Waals surface area (Å²) in [5, 5.41) is 9.21. The minimum absolute atomic E-state index is 0.0835. The van der Waals surface area contributed by atoms with Gasteiger partial charge in [-0.15, -0.1) is 0 Å². The zero-order valence-corrected chi connectivity index (χ0v) is 18.8. The summed E-state index contributed by atoms with van der Waals surface area (Å²) in [5.74, 6) is -2.10. The average molecular weight is 494 g/mol. The van der Waals surface area contributed by atoms with E-state index in [2.05, 4.69) is 4.72 Å². The van der Waals surface area contributed by atoms with Crippen molar-refractivity contribution in [1.29, 1.82) is 0 Å². The second-order valence-electron chi connectivity index (χ2n) is 7.51. The quantitative estimate of drug-likeness (QED) is 0.617. The molecule has 0 amide bonds. The molecule has 0 atom stereocenters. The first kappa shape index (κ1) is 24.1. The molecule has 31 heavy (non-hydrogen) atoms. The van der Waals surface area contributed by atoms with Crippen molar-refractivity contribution in [2.24, 2.45) is 0 Å². The zero-order chi connectivity index (χ0) is 22.9. The first-order valence-corrected chi connectivity index (χ1v) is 13.1. The van der Waals surface area contributed by atoms with Crippen molar-refractivity contribution in [2.75, 3.05) is 12.4 Å². The summed E-state index contributed by atoms with van der Waals surface area (Å²) in [6.45, 7) is -0.550. The molecule has 0 saturated heterocycles. The second kappa shape index (κ2) is 9.11. The summed E-state index contributed by atoms with van der Waals surface area (Å²) in [5.41, 5.74) is -0.279. The van der Waals surface area contributed by atoms with E-state index in [1.807, 2.05) is 0 Å². The number of rotatable bonds is 7. The van der Waals surface area contributed by atoms with E-state index >= 15 is 0 Å². The molecular formula is C20H22ClF2NO5S2. The number of aliphatic hydroxyl groups is 1. The summed E-state index contributed by atoms with van der Waals surface area (Å²) in [7, 11) is -7.93. The van der Waals surface area contributed by atoms with Crippen LogP contribution in [0.25, 0.3) is 0 Å². The van der Waals surface area contributed by atoms with Gasteiger partial charge in [-0.25, -0.2) is 30.3 Å². The van der Waals surface area contributed by atoms with Crippen LogP contribution in [0.4, 0.5) is 8.78 Å². The SMILES string of the molecule is O=S(=O)(CCO)N[C@H]1CC[C@@](c2cc(F)ccc2F)(S(=O)(=O)c2ccc(Cl)cc2)CC1. The Morgan fingerprint density at radius 1 is 1.03 bits per heavy atom. The molecule has 11 heteroatoms. The molecule has 0 aliphatic heterocycles. The van der Waals surface area contributed by atoms with Gasteiger partial charge in [-0.05, 0) is 68.1 Å². The van der Waals surface area contributed by atoms with Crippen molar-refractivity contribution in [3.8, 4) is 0 Å². The maximum Gasteiger partial charge on any atom is 0.214 e. The van der Waals surface area contributed by atoms with Gasteiger partial charge in [0.25, 0.3) is 0 Å². The van der Waals surface area contributed by atoms with Crippen LogP contribution in [0.2, 0.25) is 5.02 Å². The monoisotopic (exact) mass is 493 g/mol. The third-order valence-electron chi connectivity index (χ3n) is 5.56. The second-order valence-corrected chi connectivity index (χ2v) is 12.1. The van der Waals surface area contributed by atoms with Gasteiger partial charge in [0.15, 0.2) is 9.84 Å². The number of sulfone groups is 1.